The Balaban J connectivity index is 1.47. The SMILES string of the molecule is C=C(c1ccc(F)cc1)c1ccc(=O)n(-c2ccc(CN(C(=O)OC(C)(C)C)[C@H](C(=O)OC3CCCC3)c3ccccc3)cc2)c1N. The Morgan fingerprint density at radius 3 is 2.21 bits per heavy atom. The van der Waals surface area contributed by atoms with E-state index in [0.29, 0.717) is 33.5 Å². The highest BCUT2D eigenvalue weighted by atomic mass is 19.1. The van der Waals surface area contributed by atoms with E-state index in [1.807, 2.05) is 18.2 Å². The van der Waals surface area contributed by atoms with Crippen molar-refractivity contribution in [1.82, 2.24) is 9.47 Å². The summed E-state index contributed by atoms with van der Waals surface area (Å²) in [5.74, 6) is -0.706. The van der Waals surface area contributed by atoms with Gasteiger partial charge >= 0.3 is 12.1 Å². The van der Waals surface area contributed by atoms with Crippen LogP contribution in [0.15, 0.2) is 102 Å². The Labute approximate surface area is 274 Å². The van der Waals surface area contributed by atoms with Crippen LogP contribution in [0.4, 0.5) is 15.0 Å². The molecule has 1 aliphatic carbocycles. The number of benzene rings is 3. The number of amides is 1. The monoisotopic (exact) mass is 637 g/mol. The van der Waals surface area contributed by atoms with E-state index in [1.54, 1.807) is 75.4 Å². The fourth-order valence-electron chi connectivity index (χ4n) is 5.72. The van der Waals surface area contributed by atoms with Crippen LogP contribution in [0.5, 0.6) is 0 Å². The molecule has 1 fully saturated rings. The average Bonchev–Trinajstić information content (AvgIpc) is 3.54. The molecule has 1 aromatic heterocycles. The van der Waals surface area contributed by atoms with E-state index in [9.17, 15) is 18.8 Å². The summed E-state index contributed by atoms with van der Waals surface area (Å²) in [6.45, 7) is 9.46. The maximum atomic E-state index is 13.8. The van der Waals surface area contributed by atoms with E-state index in [2.05, 4.69) is 6.58 Å². The number of rotatable bonds is 9. The van der Waals surface area contributed by atoms with E-state index < -0.39 is 23.7 Å². The first-order valence-electron chi connectivity index (χ1n) is 15.7. The average molecular weight is 638 g/mol. The molecule has 1 heterocycles. The molecular weight excluding hydrogens is 597 g/mol. The molecule has 4 aromatic rings. The van der Waals surface area contributed by atoms with E-state index >= 15 is 0 Å². The standard InChI is InChI=1S/C38H40FN3O5/c1-25(27-16-18-29(39)19-17-27)32-22-23-33(43)42(35(32)40)30-20-14-26(15-21-30)24-41(37(45)47-38(2,3)4)34(28-10-6-5-7-11-28)36(44)46-31-12-8-9-13-31/h5-7,10-11,14-23,31,34H,1,8-9,12-13,24,40H2,2-4H3/t34-/m0/s1. The quantitative estimate of drug-likeness (QED) is 0.190. The Kier molecular flexibility index (Phi) is 9.94. The lowest BCUT2D eigenvalue weighted by molar-refractivity contribution is -0.155. The number of hydrogen-bond acceptors (Lipinski definition) is 6. The van der Waals surface area contributed by atoms with Crippen LogP contribution in [0, 0.1) is 5.82 Å². The van der Waals surface area contributed by atoms with Gasteiger partial charge in [0.25, 0.3) is 5.56 Å². The molecule has 0 radical (unpaired) electrons. The van der Waals surface area contributed by atoms with Crippen molar-refractivity contribution in [1.29, 1.82) is 0 Å². The van der Waals surface area contributed by atoms with Crippen molar-refractivity contribution in [2.24, 2.45) is 0 Å². The molecule has 2 N–H and O–H groups in total. The third-order valence-electron chi connectivity index (χ3n) is 8.06. The van der Waals surface area contributed by atoms with Crippen LogP contribution in [-0.4, -0.2) is 33.2 Å². The fraction of sp³-hybridized carbons (Fsp3) is 0.289. The van der Waals surface area contributed by atoms with Gasteiger partial charge in [-0.25, -0.2) is 14.0 Å². The van der Waals surface area contributed by atoms with Crippen LogP contribution in [0.2, 0.25) is 0 Å². The zero-order valence-electron chi connectivity index (χ0n) is 26.9. The molecule has 0 aliphatic heterocycles. The van der Waals surface area contributed by atoms with E-state index in [-0.39, 0.29) is 29.8 Å². The third-order valence-corrected chi connectivity index (χ3v) is 8.06. The van der Waals surface area contributed by atoms with Crippen molar-refractivity contribution in [3.05, 3.63) is 136 Å². The van der Waals surface area contributed by atoms with Crippen molar-refractivity contribution in [3.63, 3.8) is 0 Å². The Bertz CT molecular complexity index is 1790. The lowest BCUT2D eigenvalue weighted by Crippen LogP contribution is -2.43. The Morgan fingerprint density at radius 1 is 0.957 bits per heavy atom. The van der Waals surface area contributed by atoms with Gasteiger partial charge in [0.1, 0.15) is 23.3 Å². The molecule has 0 spiro atoms. The Hall–Kier alpha value is -5.18. The van der Waals surface area contributed by atoms with Crippen LogP contribution in [0.25, 0.3) is 11.3 Å². The fourth-order valence-corrected chi connectivity index (χ4v) is 5.72. The second-order valence-corrected chi connectivity index (χ2v) is 12.7. The van der Waals surface area contributed by atoms with Gasteiger partial charge in [-0.1, -0.05) is 61.2 Å². The molecule has 47 heavy (non-hydrogen) atoms. The molecule has 8 nitrogen and oxygen atoms in total. The number of carbonyl (C=O) groups is 2. The van der Waals surface area contributed by atoms with E-state index in [0.717, 1.165) is 25.7 Å². The summed E-state index contributed by atoms with van der Waals surface area (Å²) >= 11 is 0. The summed E-state index contributed by atoms with van der Waals surface area (Å²) in [6.07, 6.45) is 2.72. The van der Waals surface area contributed by atoms with Gasteiger partial charge < -0.3 is 15.2 Å². The zero-order chi connectivity index (χ0) is 33.7. The molecule has 3 aromatic carbocycles. The predicted molar refractivity (Wildman–Crippen MR) is 180 cm³/mol. The molecule has 1 saturated carbocycles. The number of nitrogen functional groups attached to an aromatic ring is 1. The highest BCUT2D eigenvalue weighted by Crippen LogP contribution is 2.31. The molecule has 9 heteroatoms. The molecule has 244 valence electrons. The number of anilines is 1. The first-order valence-corrected chi connectivity index (χ1v) is 15.7. The number of esters is 1. The van der Waals surface area contributed by atoms with Crippen LogP contribution in [0.3, 0.4) is 0 Å². The van der Waals surface area contributed by atoms with Gasteiger partial charge in [0.15, 0.2) is 6.04 Å². The smallest absolute Gasteiger partial charge is 0.411 e. The number of halogens is 1. The van der Waals surface area contributed by atoms with Gasteiger partial charge in [-0.2, -0.15) is 0 Å². The van der Waals surface area contributed by atoms with Crippen molar-refractivity contribution >= 4 is 23.5 Å². The molecule has 1 aliphatic rings. The van der Waals surface area contributed by atoms with Crippen molar-refractivity contribution < 1.29 is 23.5 Å². The van der Waals surface area contributed by atoms with Gasteiger partial charge in [0.2, 0.25) is 0 Å². The van der Waals surface area contributed by atoms with Crippen LogP contribution in [-0.2, 0) is 20.8 Å². The van der Waals surface area contributed by atoms with E-state index in [1.165, 1.54) is 27.7 Å². The topological polar surface area (TPSA) is 104 Å². The number of ether oxygens (including phenoxy) is 2. The summed E-state index contributed by atoms with van der Waals surface area (Å²) in [5, 5.41) is 0. The highest BCUT2D eigenvalue weighted by molar-refractivity contribution is 5.84. The lowest BCUT2D eigenvalue weighted by atomic mass is 10.00. The van der Waals surface area contributed by atoms with Gasteiger partial charge in [0.05, 0.1) is 12.2 Å². The van der Waals surface area contributed by atoms with Crippen molar-refractivity contribution in [2.45, 2.75) is 70.7 Å². The second kappa shape index (κ2) is 14.1. The molecule has 1 amide bonds. The normalized spacial score (nSPS) is 14.0. The lowest BCUT2D eigenvalue weighted by Gasteiger charge is -2.33. The summed E-state index contributed by atoms with van der Waals surface area (Å²) in [6, 6.07) is 23.9. The minimum atomic E-state index is -1.04. The summed E-state index contributed by atoms with van der Waals surface area (Å²) in [7, 11) is 0. The number of nitrogens with two attached hydrogens (primary N) is 1. The largest absolute Gasteiger partial charge is 0.461 e. The number of hydrogen-bond donors (Lipinski definition) is 1. The molecule has 0 saturated heterocycles. The van der Waals surface area contributed by atoms with Gasteiger partial charge in [-0.15, -0.1) is 0 Å². The third kappa shape index (κ3) is 7.98. The highest BCUT2D eigenvalue weighted by Gasteiger charge is 2.37. The van der Waals surface area contributed by atoms with Crippen molar-refractivity contribution in [2.75, 3.05) is 5.73 Å². The molecule has 0 bridgehead atoms. The molecule has 0 unspecified atom stereocenters. The number of nitrogens with zero attached hydrogens (tertiary/aromatic N) is 2. The number of carbonyl (C=O) groups excluding carboxylic acids is 2. The van der Waals surface area contributed by atoms with Gasteiger partial charge in [-0.05, 0) is 99.0 Å². The van der Waals surface area contributed by atoms with Crippen LogP contribution in [0.1, 0.15) is 74.8 Å². The summed E-state index contributed by atoms with van der Waals surface area (Å²) in [5.41, 5.74) is 8.88. The van der Waals surface area contributed by atoms with Gasteiger partial charge in [-0.3, -0.25) is 14.3 Å². The van der Waals surface area contributed by atoms with Crippen molar-refractivity contribution in [3.8, 4) is 5.69 Å². The molecular formula is C38H40FN3O5. The minimum Gasteiger partial charge on any atom is -0.461 e. The molecule has 5 rings (SSSR count). The van der Waals surface area contributed by atoms with Crippen LogP contribution < -0.4 is 11.3 Å². The first-order chi connectivity index (χ1) is 22.4. The maximum absolute atomic E-state index is 13.8. The summed E-state index contributed by atoms with van der Waals surface area (Å²) in [4.78, 5) is 41.9. The van der Waals surface area contributed by atoms with E-state index in [4.69, 9.17) is 15.2 Å². The number of aromatic nitrogens is 1. The second-order valence-electron chi connectivity index (χ2n) is 12.7. The maximum Gasteiger partial charge on any atom is 0.411 e. The van der Waals surface area contributed by atoms with Gasteiger partial charge in [0, 0.05) is 11.6 Å². The predicted octanol–water partition coefficient (Wildman–Crippen LogP) is 7.58. The summed E-state index contributed by atoms with van der Waals surface area (Å²) < 4.78 is 26.6. The Morgan fingerprint density at radius 2 is 1.60 bits per heavy atom. The zero-order valence-corrected chi connectivity index (χ0v) is 26.9. The van der Waals surface area contributed by atoms with Crippen LogP contribution >= 0.6 is 0 Å². The number of pyridine rings is 1. The minimum absolute atomic E-state index is 0.0281. The molecule has 1 atom stereocenters. The first kappa shape index (κ1) is 33.2.